The minimum absolute atomic E-state index is 0.0624. The molecule has 0 bridgehead atoms. The fourth-order valence-corrected chi connectivity index (χ4v) is 4.45. The molecule has 34 heavy (non-hydrogen) atoms. The van der Waals surface area contributed by atoms with Gasteiger partial charge in [0.1, 0.15) is 16.6 Å². The quantitative estimate of drug-likeness (QED) is 0.358. The number of nitrogens with zero attached hydrogens (tertiary/aromatic N) is 5. The molecule has 178 valence electrons. The van der Waals surface area contributed by atoms with Crippen LogP contribution in [-0.2, 0) is 13.1 Å². The molecule has 0 saturated carbocycles. The maximum atomic E-state index is 13.0. The second kappa shape index (κ2) is 9.67. The summed E-state index contributed by atoms with van der Waals surface area (Å²) in [6, 6.07) is 11.1. The fourth-order valence-electron chi connectivity index (χ4n) is 3.02. The van der Waals surface area contributed by atoms with Crippen LogP contribution in [0.15, 0.2) is 47.3 Å². The molecule has 0 aliphatic heterocycles. The third-order valence-electron chi connectivity index (χ3n) is 4.69. The van der Waals surface area contributed by atoms with Crippen molar-refractivity contribution in [1.82, 2.24) is 24.5 Å². The van der Waals surface area contributed by atoms with Crippen LogP contribution < -0.4 is 5.69 Å². The number of alkyl halides is 3. The minimum Gasteiger partial charge on any atom is -0.382 e. The summed E-state index contributed by atoms with van der Waals surface area (Å²) >= 11 is 19.3. The Kier molecular flexibility index (Phi) is 7.02. The lowest BCUT2D eigenvalue weighted by atomic mass is 10.2. The summed E-state index contributed by atoms with van der Waals surface area (Å²) in [6.07, 6.45) is -7.67. The van der Waals surface area contributed by atoms with Crippen molar-refractivity contribution in [2.24, 2.45) is 0 Å². The zero-order chi connectivity index (χ0) is 24.6. The Labute approximate surface area is 209 Å². The summed E-state index contributed by atoms with van der Waals surface area (Å²) in [5.74, 6) is -0.0624. The summed E-state index contributed by atoms with van der Waals surface area (Å²) in [5, 5.41) is 23.7. The highest BCUT2D eigenvalue weighted by Crippen LogP contribution is 2.35. The molecule has 0 fully saturated rings. The van der Waals surface area contributed by atoms with Crippen molar-refractivity contribution < 1.29 is 18.3 Å². The number of aromatic nitrogens is 5. The lowest BCUT2D eigenvalue weighted by molar-refractivity contribution is -0.207. The standard InChI is InChI=1S/C20H13Cl3F3N5O2S/c21-11-6-4-10(5-7-11)17-29-31(19(33)30(17)8-14(32)20(24,25)26)9-15-27-28-18(34-15)12-2-1-3-13(22)16(12)23/h1-7,14,32H,8-9H2/t14-/m0/s1. The Bertz CT molecular complexity index is 1390. The zero-order valence-corrected chi connectivity index (χ0v) is 19.9. The van der Waals surface area contributed by atoms with E-state index in [1.165, 1.54) is 24.3 Å². The van der Waals surface area contributed by atoms with Crippen molar-refractivity contribution >= 4 is 46.1 Å². The molecule has 0 aliphatic rings. The number of aliphatic hydroxyl groups is 1. The first kappa shape index (κ1) is 24.7. The van der Waals surface area contributed by atoms with Gasteiger partial charge in [-0.15, -0.1) is 15.3 Å². The summed E-state index contributed by atoms with van der Waals surface area (Å²) < 4.78 is 40.7. The average molecular weight is 551 g/mol. The molecule has 0 unspecified atom stereocenters. The highest BCUT2D eigenvalue weighted by Gasteiger charge is 2.39. The molecular weight excluding hydrogens is 538 g/mol. The second-order valence-corrected chi connectivity index (χ2v) is 9.32. The van der Waals surface area contributed by atoms with Gasteiger partial charge in [-0.25, -0.2) is 9.48 Å². The number of aliphatic hydroxyl groups excluding tert-OH is 1. The normalized spacial score (nSPS) is 12.8. The molecule has 2 aromatic heterocycles. The van der Waals surface area contributed by atoms with Gasteiger partial charge < -0.3 is 5.11 Å². The molecule has 2 aromatic carbocycles. The van der Waals surface area contributed by atoms with Crippen molar-refractivity contribution in [3.8, 4) is 22.0 Å². The van der Waals surface area contributed by atoms with E-state index in [-0.39, 0.29) is 12.4 Å². The van der Waals surface area contributed by atoms with Crippen LogP contribution in [0.25, 0.3) is 22.0 Å². The van der Waals surface area contributed by atoms with Gasteiger partial charge in [0.05, 0.1) is 16.6 Å². The predicted molar refractivity (Wildman–Crippen MR) is 123 cm³/mol. The van der Waals surface area contributed by atoms with Gasteiger partial charge in [-0.3, -0.25) is 4.57 Å². The molecule has 0 amide bonds. The van der Waals surface area contributed by atoms with E-state index in [0.29, 0.717) is 36.2 Å². The van der Waals surface area contributed by atoms with Gasteiger partial charge in [0.25, 0.3) is 0 Å². The fraction of sp³-hybridized carbons (Fsp3) is 0.200. The van der Waals surface area contributed by atoms with E-state index in [1.54, 1.807) is 18.2 Å². The van der Waals surface area contributed by atoms with E-state index in [1.807, 2.05) is 0 Å². The van der Waals surface area contributed by atoms with Gasteiger partial charge in [0.15, 0.2) is 11.9 Å². The second-order valence-electron chi connectivity index (χ2n) is 7.04. The van der Waals surface area contributed by atoms with Crippen LogP contribution >= 0.6 is 46.1 Å². The molecule has 2 heterocycles. The highest BCUT2D eigenvalue weighted by atomic mass is 35.5. The van der Waals surface area contributed by atoms with E-state index in [2.05, 4.69) is 15.3 Å². The molecule has 7 nitrogen and oxygen atoms in total. The molecule has 0 spiro atoms. The Hall–Kier alpha value is -2.44. The molecule has 0 aliphatic carbocycles. The first-order chi connectivity index (χ1) is 16.0. The Morgan fingerprint density at radius 2 is 1.76 bits per heavy atom. The maximum absolute atomic E-state index is 13.0. The van der Waals surface area contributed by atoms with E-state index in [4.69, 9.17) is 34.8 Å². The Balaban J connectivity index is 1.71. The molecule has 1 N–H and O–H groups in total. The van der Waals surface area contributed by atoms with Gasteiger partial charge in [0, 0.05) is 16.1 Å². The van der Waals surface area contributed by atoms with Gasteiger partial charge in [-0.1, -0.05) is 58.3 Å². The molecule has 0 radical (unpaired) electrons. The number of rotatable bonds is 6. The van der Waals surface area contributed by atoms with Crippen molar-refractivity contribution in [3.63, 3.8) is 0 Å². The predicted octanol–water partition coefficient (Wildman–Crippen LogP) is 5.16. The van der Waals surface area contributed by atoms with Crippen LogP contribution in [0, 0.1) is 0 Å². The maximum Gasteiger partial charge on any atom is 0.416 e. The Morgan fingerprint density at radius 1 is 1.06 bits per heavy atom. The van der Waals surface area contributed by atoms with Gasteiger partial charge in [-0.2, -0.15) is 13.2 Å². The number of hydrogen-bond acceptors (Lipinski definition) is 6. The zero-order valence-electron chi connectivity index (χ0n) is 16.8. The summed E-state index contributed by atoms with van der Waals surface area (Å²) in [4.78, 5) is 12.9. The monoisotopic (exact) mass is 549 g/mol. The lowest BCUT2D eigenvalue weighted by Crippen LogP contribution is -2.37. The first-order valence-corrected chi connectivity index (χ1v) is 11.4. The van der Waals surface area contributed by atoms with Gasteiger partial charge in [-0.05, 0) is 30.3 Å². The number of hydrogen-bond donors (Lipinski definition) is 1. The van der Waals surface area contributed by atoms with Crippen LogP contribution in [0.4, 0.5) is 13.2 Å². The van der Waals surface area contributed by atoms with E-state index >= 15 is 0 Å². The number of halogens is 6. The molecule has 4 aromatic rings. The van der Waals surface area contributed by atoms with Crippen molar-refractivity contribution in [1.29, 1.82) is 0 Å². The van der Waals surface area contributed by atoms with Crippen LogP contribution in [0.1, 0.15) is 5.01 Å². The number of benzene rings is 2. The van der Waals surface area contributed by atoms with E-state index in [0.717, 1.165) is 20.6 Å². The first-order valence-electron chi connectivity index (χ1n) is 9.49. The van der Waals surface area contributed by atoms with Gasteiger partial charge >= 0.3 is 11.9 Å². The van der Waals surface area contributed by atoms with Crippen LogP contribution in [0.3, 0.4) is 0 Å². The van der Waals surface area contributed by atoms with Crippen LogP contribution in [0.5, 0.6) is 0 Å². The van der Waals surface area contributed by atoms with Gasteiger partial charge in [0.2, 0.25) is 0 Å². The van der Waals surface area contributed by atoms with Crippen LogP contribution in [-0.4, -0.2) is 41.9 Å². The summed E-state index contributed by atoms with van der Waals surface area (Å²) in [6.45, 7) is -1.19. The lowest BCUT2D eigenvalue weighted by Gasteiger charge is -2.15. The van der Waals surface area contributed by atoms with E-state index < -0.39 is 24.5 Å². The average Bonchev–Trinajstić information content (AvgIpc) is 3.36. The molecule has 1 atom stereocenters. The topological polar surface area (TPSA) is 85.8 Å². The van der Waals surface area contributed by atoms with Crippen molar-refractivity contribution in [2.75, 3.05) is 0 Å². The highest BCUT2D eigenvalue weighted by molar-refractivity contribution is 7.14. The van der Waals surface area contributed by atoms with Crippen molar-refractivity contribution in [2.45, 2.75) is 25.4 Å². The van der Waals surface area contributed by atoms with E-state index in [9.17, 15) is 23.1 Å². The third-order valence-corrected chi connectivity index (χ3v) is 6.70. The third kappa shape index (κ3) is 5.13. The molecule has 14 heteroatoms. The van der Waals surface area contributed by atoms with Crippen LogP contribution in [0.2, 0.25) is 15.1 Å². The van der Waals surface area contributed by atoms with Crippen molar-refractivity contribution in [3.05, 3.63) is 73.0 Å². The minimum atomic E-state index is -4.91. The molecule has 4 rings (SSSR count). The molecular formula is C20H13Cl3F3N5O2S. The summed E-state index contributed by atoms with van der Waals surface area (Å²) in [5.41, 5.74) is 0.0371. The smallest absolute Gasteiger partial charge is 0.382 e. The SMILES string of the molecule is O=c1n(Cc2nnc(-c3cccc(Cl)c3Cl)s2)nc(-c2ccc(Cl)cc2)n1C[C@H](O)C(F)(F)F. The summed E-state index contributed by atoms with van der Waals surface area (Å²) in [7, 11) is 0. The molecule has 0 saturated heterocycles. The Morgan fingerprint density at radius 3 is 2.44 bits per heavy atom. The largest absolute Gasteiger partial charge is 0.416 e.